The summed E-state index contributed by atoms with van der Waals surface area (Å²) >= 11 is 0. The molecule has 144 valence electrons. The minimum Gasteiger partial charge on any atom is -0.462 e. The topological polar surface area (TPSA) is 69.0 Å². The van der Waals surface area contributed by atoms with Gasteiger partial charge in [-0.25, -0.2) is 9.78 Å². The van der Waals surface area contributed by atoms with E-state index in [9.17, 15) is 4.79 Å². The van der Waals surface area contributed by atoms with Crippen LogP contribution in [0.4, 0.5) is 5.95 Å². The zero-order valence-electron chi connectivity index (χ0n) is 16.2. The van der Waals surface area contributed by atoms with E-state index < -0.39 is 0 Å². The van der Waals surface area contributed by atoms with Gasteiger partial charge < -0.3 is 10.1 Å². The highest BCUT2D eigenvalue weighted by Crippen LogP contribution is 2.39. The Morgan fingerprint density at radius 1 is 1.18 bits per heavy atom. The molecule has 0 unspecified atom stereocenters. The first-order valence-electron chi connectivity index (χ1n) is 9.72. The number of anilines is 1. The highest BCUT2D eigenvalue weighted by atomic mass is 16.5. The van der Waals surface area contributed by atoms with E-state index in [1.807, 2.05) is 43.3 Å². The number of nitrogens with one attached hydrogen (secondary N) is 1. The number of rotatable bonds is 6. The minimum atomic E-state index is -0.315. The fourth-order valence-corrected chi connectivity index (χ4v) is 3.68. The van der Waals surface area contributed by atoms with Crippen LogP contribution in [0.15, 0.2) is 60.1 Å². The molecule has 28 heavy (non-hydrogen) atoms. The van der Waals surface area contributed by atoms with Gasteiger partial charge in [0.05, 0.1) is 29.3 Å². The summed E-state index contributed by atoms with van der Waals surface area (Å²) in [5, 5.41) is 3.30. The first kappa shape index (κ1) is 18.2. The monoisotopic (exact) mass is 376 g/mol. The number of carbonyl (C=O) groups is 1. The third kappa shape index (κ3) is 3.26. The third-order valence-corrected chi connectivity index (χ3v) is 5.05. The van der Waals surface area contributed by atoms with Crippen molar-refractivity contribution in [1.29, 1.82) is 0 Å². The smallest absolute Gasteiger partial charge is 0.338 e. The van der Waals surface area contributed by atoms with Crippen LogP contribution in [0.25, 0.3) is 11.0 Å². The zero-order valence-corrected chi connectivity index (χ0v) is 16.2. The van der Waals surface area contributed by atoms with Gasteiger partial charge in [-0.05, 0) is 43.2 Å². The largest absolute Gasteiger partial charge is 0.462 e. The third-order valence-electron chi connectivity index (χ3n) is 5.05. The standard InChI is InChI=1S/C22H24N4O2/c1-3-4-7-14-28-21(27)19-15(2)24-22-25-17-8-5-6-9-18(17)26(22)20(19)16-10-12-23-13-11-16/h5-6,8-13,20H,3-4,7,14H2,1-2H3,(H,24,25)/t20-/m0/s1. The molecule has 1 N–H and O–H groups in total. The summed E-state index contributed by atoms with van der Waals surface area (Å²) < 4.78 is 7.69. The van der Waals surface area contributed by atoms with Gasteiger partial charge in [0.25, 0.3) is 0 Å². The van der Waals surface area contributed by atoms with Gasteiger partial charge in [0.1, 0.15) is 0 Å². The fourth-order valence-electron chi connectivity index (χ4n) is 3.68. The van der Waals surface area contributed by atoms with Gasteiger partial charge in [-0.3, -0.25) is 9.55 Å². The molecule has 1 atom stereocenters. The average molecular weight is 376 g/mol. The van der Waals surface area contributed by atoms with Crippen LogP contribution >= 0.6 is 0 Å². The van der Waals surface area contributed by atoms with Crippen LogP contribution in [0.5, 0.6) is 0 Å². The van der Waals surface area contributed by atoms with Crippen molar-refractivity contribution < 1.29 is 9.53 Å². The Bertz CT molecular complexity index is 1020. The van der Waals surface area contributed by atoms with Crippen LogP contribution < -0.4 is 5.32 Å². The van der Waals surface area contributed by atoms with Gasteiger partial charge in [-0.15, -0.1) is 0 Å². The van der Waals surface area contributed by atoms with Crippen molar-refractivity contribution in [3.63, 3.8) is 0 Å². The summed E-state index contributed by atoms with van der Waals surface area (Å²) in [6.45, 7) is 4.47. The number of unbranched alkanes of at least 4 members (excludes halogenated alkanes) is 2. The molecule has 1 aliphatic rings. The summed E-state index contributed by atoms with van der Waals surface area (Å²) in [5.74, 6) is 0.439. The van der Waals surface area contributed by atoms with E-state index in [4.69, 9.17) is 9.72 Å². The molecule has 0 saturated carbocycles. The van der Waals surface area contributed by atoms with Gasteiger partial charge in [-0.2, -0.15) is 0 Å². The van der Waals surface area contributed by atoms with Crippen LogP contribution in [-0.4, -0.2) is 27.1 Å². The molecule has 0 radical (unpaired) electrons. The number of hydrogen-bond donors (Lipinski definition) is 1. The molecule has 1 aliphatic heterocycles. The number of imidazole rings is 1. The maximum absolute atomic E-state index is 13.1. The molecule has 0 saturated heterocycles. The lowest BCUT2D eigenvalue weighted by molar-refractivity contribution is -0.139. The maximum atomic E-state index is 13.1. The van der Waals surface area contributed by atoms with Gasteiger partial charge in [0.2, 0.25) is 5.95 Å². The number of esters is 1. The lowest BCUT2D eigenvalue weighted by atomic mass is 9.96. The molecule has 0 aliphatic carbocycles. The number of hydrogen-bond acceptors (Lipinski definition) is 5. The number of aromatic nitrogens is 3. The van der Waals surface area contributed by atoms with E-state index in [0.717, 1.165) is 47.5 Å². The number of para-hydroxylation sites is 2. The molecule has 3 aromatic rings. The van der Waals surface area contributed by atoms with Crippen LogP contribution in [0.2, 0.25) is 0 Å². The summed E-state index contributed by atoms with van der Waals surface area (Å²) in [6.07, 6.45) is 6.51. The van der Waals surface area contributed by atoms with E-state index in [2.05, 4.69) is 21.8 Å². The lowest BCUT2D eigenvalue weighted by Gasteiger charge is -2.30. The molecule has 0 spiro atoms. The molecular weight excluding hydrogens is 352 g/mol. The number of nitrogens with zero attached hydrogens (tertiary/aromatic N) is 3. The Morgan fingerprint density at radius 2 is 1.96 bits per heavy atom. The van der Waals surface area contributed by atoms with Crippen molar-refractivity contribution >= 4 is 23.0 Å². The van der Waals surface area contributed by atoms with Crippen molar-refractivity contribution in [1.82, 2.24) is 14.5 Å². The Hall–Kier alpha value is -3.15. The molecule has 1 aromatic carbocycles. The number of fused-ring (bicyclic) bond motifs is 3. The molecule has 0 bridgehead atoms. The van der Waals surface area contributed by atoms with Crippen molar-refractivity contribution in [3.05, 3.63) is 65.6 Å². The van der Waals surface area contributed by atoms with Crippen molar-refractivity contribution in [2.24, 2.45) is 0 Å². The molecule has 6 heteroatoms. The van der Waals surface area contributed by atoms with Crippen LogP contribution in [0.3, 0.4) is 0 Å². The quantitative estimate of drug-likeness (QED) is 0.508. The fraction of sp³-hybridized carbons (Fsp3) is 0.318. The molecule has 4 rings (SSSR count). The highest BCUT2D eigenvalue weighted by Gasteiger charge is 2.34. The van der Waals surface area contributed by atoms with E-state index >= 15 is 0 Å². The average Bonchev–Trinajstić information content (AvgIpc) is 3.08. The van der Waals surface area contributed by atoms with Crippen LogP contribution in [0, 0.1) is 0 Å². The van der Waals surface area contributed by atoms with Gasteiger partial charge in [0, 0.05) is 18.1 Å². The number of allylic oxidation sites excluding steroid dienone is 1. The summed E-state index contributed by atoms with van der Waals surface area (Å²) in [4.78, 5) is 21.9. The zero-order chi connectivity index (χ0) is 19.5. The van der Waals surface area contributed by atoms with Crippen molar-refractivity contribution in [2.45, 2.75) is 39.2 Å². The lowest BCUT2D eigenvalue weighted by Crippen LogP contribution is -2.29. The van der Waals surface area contributed by atoms with Crippen molar-refractivity contribution in [3.8, 4) is 0 Å². The predicted octanol–water partition coefficient (Wildman–Crippen LogP) is 4.45. The molecule has 2 aromatic heterocycles. The summed E-state index contributed by atoms with van der Waals surface area (Å²) in [6, 6.07) is 11.5. The van der Waals surface area contributed by atoms with E-state index in [1.54, 1.807) is 12.4 Å². The maximum Gasteiger partial charge on any atom is 0.338 e. The highest BCUT2D eigenvalue weighted by molar-refractivity contribution is 5.94. The van der Waals surface area contributed by atoms with E-state index in [0.29, 0.717) is 12.2 Å². The number of pyridine rings is 1. The second-order valence-electron chi connectivity index (χ2n) is 6.98. The Morgan fingerprint density at radius 3 is 2.75 bits per heavy atom. The molecule has 6 nitrogen and oxygen atoms in total. The predicted molar refractivity (Wildman–Crippen MR) is 109 cm³/mol. The number of ether oxygens (including phenoxy) is 1. The minimum absolute atomic E-state index is 0.286. The molecule has 0 amide bonds. The van der Waals surface area contributed by atoms with Gasteiger partial charge in [0.15, 0.2) is 0 Å². The second-order valence-corrected chi connectivity index (χ2v) is 6.98. The molecule has 0 fully saturated rings. The Kier molecular flexibility index (Phi) is 5.10. The van der Waals surface area contributed by atoms with E-state index in [1.165, 1.54) is 0 Å². The van der Waals surface area contributed by atoms with Gasteiger partial charge in [-0.1, -0.05) is 31.9 Å². The first-order chi connectivity index (χ1) is 13.7. The Labute approximate surface area is 164 Å². The molecular formula is C22H24N4O2. The van der Waals surface area contributed by atoms with E-state index in [-0.39, 0.29) is 12.0 Å². The van der Waals surface area contributed by atoms with Crippen LogP contribution in [-0.2, 0) is 9.53 Å². The second kappa shape index (κ2) is 7.84. The summed E-state index contributed by atoms with van der Waals surface area (Å²) in [7, 11) is 0. The van der Waals surface area contributed by atoms with Gasteiger partial charge >= 0.3 is 5.97 Å². The van der Waals surface area contributed by atoms with Crippen molar-refractivity contribution in [2.75, 3.05) is 11.9 Å². The summed E-state index contributed by atoms with van der Waals surface area (Å²) in [5.41, 5.74) is 4.20. The number of carbonyl (C=O) groups excluding carboxylic acids is 1. The first-order valence-corrected chi connectivity index (χ1v) is 9.72. The number of benzene rings is 1. The SMILES string of the molecule is CCCCCOC(=O)C1=C(C)Nc2nc3ccccc3n2[C@H]1c1ccncc1. The Balaban J connectivity index is 1.79. The normalized spacial score (nSPS) is 16.0. The van der Waals surface area contributed by atoms with Crippen LogP contribution in [0.1, 0.15) is 44.7 Å². The molecule has 3 heterocycles.